The number of rotatable bonds is 0. The van der Waals surface area contributed by atoms with Gasteiger partial charge in [0.25, 0.3) is 0 Å². The van der Waals surface area contributed by atoms with Crippen LogP contribution in [-0.2, 0) is 6.42 Å². The molecule has 1 aliphatic carbocycles. The first-order chi connectivity index (χ1) is 7.72. The smallest absolute Gasteiger partial charge is 0.0178 e. The maximum Gasteiger partial charge on any atom is 0.0178 e. The minimum atomic E-state index is 0.628. The predicted octanol–water partition coefficient (Wildman–Crippen LogP) is 5.28. The van der Waals surface area contributed by atoms with Crippen molar-refractivity contribution >= 4 is 43.6 Å². The molecule has 0 aromatic heterocycles. The first kappa shape index (κ1) is 11.1. The van der Waals surface area contributed by atoms with Crippen LogP contribution in [0.3, 0.4) is 0 Å². The zero-order valence-corrected chi connectivity index (χ0v) is 12.5. The lowest BCUT2D eigenvalue weighted by molar-refractivity contribution is 0.640. The fourth-order valence-corrected chi connectivity index (χ4v) is 4.15. The quantitative estimate of drug-likeness (QED) is 0.608. The van der Waals surface area contributed by atoms with Crippen molar-refractivity contribution in [2.75, 3.05) is 0 Å². The van der Waals surface area contributed by atoms with E-state index in [1.165, 1.54) is 30.7 Å². The molecule has 1 aromatic carbocycles. The van der Waals surface area contributed by atoms with E-state index >= 15 is 0 Å². The van der Waals surface area contributed by atoms with Crippen LogP contribution in [-0.4, -0.2) is 0 Å². The summed E-state index contributed by atoms with van der Waals surface area (Å²) in [6.45, 7) is 0. The number of fused-ring (bicyclic) bond motifs is 3. The van der Waals surface area contributed by atoms with Crippen molar-refractivity contribution < 1.29 is 0 Å². The minimum Gasteiger partial charge on any atom is -0.0942 e. The molecule has 16 heavy (non-hydrogen) atoms. The minimum absolute atomic E-state index is 0.628. The summed E-state index contributed by atoms with van der Waals surface area (Å²) < 4.78 is 2.52. The second-order valence-electron chi connectivity index (χ2n) is 4.14. The van der Waals surface area contributed by atoms with Gasteiger partial charge in [0.1, 0.15) is 0 Å². The average Bonchev–Trinajstić information content (AvgIpc) is 2.40. The van der Waals surface area contributed by atoms with Crippen LogP contribution in [0.4, 0.5) is 0 Å². The Hall–Kier alpha value is 0.01000. The van der Waals surface area contributed by atoms with Gasteiger partial charge < -0.3 is 0 Å². The standard InChI is InChI=1S/C13H10Br2S/c14-10-1-4-13-9(6-10)5-8-7-11(16-13)2-3-12(8)15/h1-4,6,8H,5,7H2. The number of hydrogen-bond acceptors (Lipinski definition) is 1. The maximum absolute atomic E-state index is 3.68. The summed E-state index contributed by atoms with van der Waals surface area (Å²) in [5.41, 5.74) is 1.46. The summed E-state index contributed by atoms with van der Waals surface area (Å²) in [5, 5.41) is 0. The van der Waals surface area contributed by atoms with Crippen LogP contribution >= 0.6 is 43.6 Å². The second-order valence-corrected chi connectivity index (χ2v) is 7.14. The lowest BCUT2D eigenvalue weighted by Gasteiger charge is -2.17. The van der Waals surface area contributed by atoms with Crippen LogP contribution in [0.15, 0.2) is 49.1 Å². The average molecular weight is 358 g/mol. The Morgan fingerprint density at radius 2 is 2.00 bits per heavy atom. The molecular weight excluding hydrogens is 348 g/mol. The van der Waals surface area contributed by atoms with Gasteiger partial charge in [-0.15, -0.1) is 0 Å². The summed E-state index contributed by atoms with van der Waals surface area (Å²) in [7, 11) is 0. The number of hydrogen-bond donors (Lipinski definition) is 0. The van der Waals surface area contributed by atoms with Crippen molar-refractivity contribution in [3.63, 3.8) is 0 Å². The normalized spacial score (nSPS) is 23.0. The molecule has 1 unspecified atom stereocenters. The van der Waals surface area contributed by atoms with Gasteiger partial charge in [0.15, 0.2) is 0 Å². The zero-order valence-electron chi connectivity index (χ0n) is 8.54. The number of allylic oxidation sites excluding steroid dienone is 4. The zero-order chi connectivity index (χ0) is 11.1. The van der Waals surface area contributed by atoms with E-state index in [0.29, 0.717) is 5.92 Å². The molecule has 0 N–H and O–H groups in total. The Morgan fingerprint density at radius 3 is 2.88 bits per heavy atom. The van der Waals surface area contributed by atoms with Crippen molar-refractivity contribution in [2.24, 2.45) is 5.92 Å². The van der Waals surface area contributed by atoms with E-state index in [4.69, 9.17) is 0 Å². The van der Waals surface area contributed by atoms with Crippen LogP contribution in [0.5, 0.6) is 0 Å². The molecule has 1 aromatic rings. The highest BCUT2D eigenvalue weighted by atomic mass is 79.9. The summed E-state index contributed by atoms with van der Waals surface area (Å²) in [4.78, 5) is 2.89. The molecular formula is C13H10Br2S. The molecule has 0 radical (unpaired) electrons. The first-order valence-electron chi connectivity index (χ1n) is 5.25. The monoisotopic (exact) mass is 356 g/mol. The molecule has 1 aliphatic heterocycles. The highest BCUT2D eigenvalue weighted by Crippen LogP contribution is 2.45. The molecule has 0 fully saturated rings. The van der Waals surface area contributed by atoms with Gasteiger partial charge in [-0.3, -0.25) is 0 Å². The lowest BCUT2D eigenvalue weighted by atomic mass is 9.93. The van der Waals surface area contributed by atoms with E-state index in [0.717, 1.165) is 6.42 Å². The van der Waals surface area contributed by atoms with Gasteiger partial charge >= 0.3 is 0 Å². The van der Waals surface area contributed by atoms with E-state index in [-0.39, 0.29) is 0 Å². The molecule has 2 aliphatic rings. The fraction of sp³-hybridized carbons (Fsp3) is 0.231. The van der Waals surface area contributed by atoms with Gasteiger partial charge in [-0.25, -0.2) is 0 Å². The fourth-order valence-electron chi connectivity index (χ4n) is 2.18. The van der Waals surface area contributed by atoms with Crippen LogP contribution in [0.25, 0.3) is 0 Å². The summed E-state index contributed by atoms with van der Waals surface area (Å²) >= 11 is 9.15. The Morgan fingerprint density at radius 1 is 1.12 bits per heavy atom. The van der Waals surface area contributed by atoms with Gasteiger partial charge in [0.2, 0.25) is 0 Å². The highest BCUT2D eigenvalue weighted by Gasteiger charge is 2.24. The van der Waals surface area contributed by atoms with E-state index < -0.39 is 0 Å². The van der Waals surface area contributed by atoms with E-state index in [2.05, 4.69) is 62.2 Å². The highest BCUT2D eigenvalue weighted by molar-refractivity contribution is 9.11. The molecule has 0 saturated carbocycles. The molecule has 0 nitrogen and oxygen atoms in total. The van der Waals surface area contributed by atoms with Crippen molar-refractivity contribution in [3.8, 4) is 0 Å². The second kappa shape index (κ2) is 4.35. The largest absolute Gasteiger partial charge is 0.0942 e. The molecule has 0 spiro atoms. The van der Waals surface area contributed by atoms with Crippen LogP contribution < -0.4 is 0 Å². The number of benzene rings is 1. The third-order valence-corrected chi connectivity index (χ3v) is 5.58. The Labute approximate surface area is 116 Å². The first-order valence-corrected chi connectivity index (χ1v) is 7.65. The van der Waals surface area contributed by atoms with Crippen LogP contribution in [0.2, 0.25) is 0 Å². The molecule has 82 valence electrons. The summed E-state index contributed by atoms with van der Waals surface area (Å²) in [5.74, 6) is 0.628. The summed E-state index contributed by atoms with van der Waals surface area (Å²) in [6.07, 6.45) is 6.75. The van der Waals surface area contributed by atoms with Crippen molar-refractivity contribution in [3.05, 3.63) is 49.8 Å². The molecule has 3 heteroatoms. The maximum atomic E-state index is 3.68. The topological polar surface area (TPSA) is 0 Å². The molecule has 0 saturated heterocycles. The van der Waals surface area contributed by atoms with Gasteiger partial charge in [-0.1, -0.05) is 55.8 Å². The Balaban J connectivity index is 2.08. The van der Waals surface area contributed by atoms with Gasteiger partial charge in [0, 0.05) is 9.37 Å². The van der Waals surface area contributed by atoms with Gasteiger partial charge in [-0.05, 0) is 51.9 Å². The van der Waals surface area contributed by atoms with Gasteiger partial charge in [0.05, 0.1) is 0 Å². The van der Waals surface area contributed by atoms with Crippen LogP contribution in [0, 0.1) is 5.92 Å². The van der Waals surface area contributed by atoms with Crippen molar-refractivity contribution in [2.45, 2.75) is 17.7 Å². The summed E-state index contributed by atoms with van der Waals surface area (Å²) in [6, 6.07) is 6.60. The molecule has 2 bridgehead atoms. The van der Waals surface area contributed by atoms with E-state index in [1.54, 1.807) is 0 Å². The van der Waals surface area contributed by atoms with E-state index in [1.807, 2.05) is 11.8 Å². The Kier molecular flexibility index (Phi) is 3.03. The third-order valence-electron chi connectivity index (χ3n) is 3.00. The SMILES string of the molecule is BrC1=CC=C2CC1Cc1cc(Br)ccc1S2. The number of halogens is 2. The molecule has 0 amide bonds. The van der Waals surface area contributed by atoms with Crippen molar-refractivity contribution in [1.29, 1.82) is 0 Å². The number of thioether (sulfide) groups is 1. The lowest BCUT2D eigenvalue weighted by Crippen LogP contribution is -2.06. The van der Waals surface area contributed by atoms with Crippen LogP contribution in [0.1, 0.15) is 12.0 Å². The predicted molar refractivity (Wildman–Crippen MR) is 76.9 cm³/mol. The Bertz CT molecular complexity index is 503. The molecule has 1 heterocycles. The molecule has 3 rings (SSSR count). The van der Waals surface area contributed by atoms with E-state index in [9.17, 15) is 0 Å². The molecule has 1 atom stereocenters. The van der Waals surface area contributed by atoms with Gasteiger partial charge in [-0.2, -0.15) is 0 Å². The van der Waals surface area contributed by atoms with Crippen molar-refractivity contribution in [1.82, 2.24) is 0 Å². The third kappa shape index (κ3) is 2.05.